The third-order valence-corrected chi connectivity index (χ3v) is 6.54. The molecular formula is C26H31N3O4S. The molecule has 0 spiro atoms. The number of benzene rings is 2. The predicted molar refractivity (Wildman–Crippen MR) is 138 cm³/mol. The van der Waals surface area contributed by atoms with Crippen LogP contribution in [0.5, 0.6) is 11.5 Å². The van der Waals surface area contributed by atoms with E-state index >= 15 is 0 Å². The molecule has 4 rings (SSSR count). The molecule has 1 aliphatic rings. The second-order valence-corrected chi connectivity index (χ2v) is 8.90. The van der Waals surface area contributed by atoms with Gasteiger partial charge in [0.2, 0.25) is 0 Å². The van der Waals surface area contributed by atoms with Gasteiger partial charge in [-0.05, 0) is 49.7 Å². The van der Waals surface area contributed by atoms with Gasteiger partial charge in [-0.25, -0.2) is 0 Å². The number of H-pyrrole nitrogens is 1. The van der Waals surface area contributed by atoms with E-state index in [0.29, 0.717) is 40.8 Å². The van der Waals surface area contributed by atoms with Gasteiger partial charge in [-0.1, -0.05) is 30.3 Å². The topological polar surface area (TPSA) is 75.8 Å². The maximum atomic E-state index is 13.0. The Kier molecular flexibility index (Phi) is 7.70. The second kappa shape index (κ2) is 10.9. The Morgan fingerprint density at radius 1 is 1.21 bits per heavy atom. The van der Waals surface area contributed by atoms with E-state index < -0.39 is 0 Å². The van der Waals surface area contributed by atoms with Crippen LogP contribution in [0.2, 0.25) is 0 Å². The highest BCUT2D eigenvalue weighted by atomic mass is 32.1. The first-order chi connectivity index (χ1) is 16.5. The van der Waals surface area contributed by atoms with Gasteiger partial charge < -0.3 is 29.4 Å². The van der Waals surface area contributed by atoms with Crippen LogP contribution in [0.1, 0.15) is 36.9 Å². The summed E-state index contributed by atoms with van der Waals surface area (Å²) in [6.07, 6.45) is 2.12. The Morgan fingerprint density at radius 3 is 2.62 bits per heavy atom. The van der Waals surface area contributed by atoms with E-state index in [2.05, 4.69) is 29.4 Å². The highest BCUT2D eigenvalue weighted by Crippen LogP contribution is 2.31. The average molecular weight is 482 g/mol. The van der Waals surface area contributed by atoms with Crippen molar-refractivity contribution in [1.82, 2.24) is 15.2 Å². The SMILES string of the molecule is COc1cc2cc(CN(C[C@H]3CCCO3)C(=S)N[C@@H](C)c3ccccc3)c(=O)[nH]c2cc1OC. The molecule has 2 atom stereocenters. The van der Waals surface area contributed by atoms with Crippen LogP contribution in [0, 0.1) is 0 Å². The van der Waals surface area contributed by atoms with E-state index in [9.17, 15) is 4.79 Å². The van der Waals surface area contributed by atoms with Gasteiger partial charge in [0.15, 0.2) is 16.6 Å². The number of thiocarbonyl (C=S) groups is 1. The van der Waals surface area contributed by atoms with Crippen molar-refractivity contribution < 1.29 is 14.2 Å². The van der Waals surface area contributed by atoms with Crippen LogP contribution < -0.4 is 20.3 Å². The van der Waals surface area contributed by atoms with Crippen molar-refractivity contribution in [2.45, 2.75) is 38.5 Å². The number of ether oxygens (including phenoxy) is 3. The molecule has 0 unspecified atom stereocenters. The second-order valence-electron chi connectivity index (χ2n) is 8.52. The van der Waals surface area contributed by atoms with Gasteiger partial charge in [0, 0.05) is 30.2 Å². The maximum Gasteiger partial charge on any atom is 0.253 e. The first kappa shape index (κ1) is 24.0. The number of hydrogen-bond acceptors (Lipinski definition) is 5. The summed E-state index contributed by atoms with van der Waals surface area (Å²) in [4.78, 5) is 18.0. The van der Waals surface area contributed by atoms with Crippen LogP contribution in [-0.2, 0) is 11.3 Å². The summed E-state index contributed by atoms with van der Waals surface area (Å²) in [6.45, 7) is 3.83. The molecule has 180 valence electrons. The van der Waals surface area contributed by atoms with Gasteiger partial charge in [-0.3, -0.25) is 4.79 Å². The summed E-state index contributed by atoms with van der Waals surface area (Å²) in [7, 11) is 3.17. The highest BCUT2D eigenvalue weighted by Gasteiger charge is 2.23. The standard InChI is InChI=1S/C26H31N3O4S/c1-17(18-8-5-4-6-9-18)27-26(34)29(16-21-10-7-11-33-21)15-20-12-19-13-23(31-2)24(32-3)14-22(19)28-25(20)30/h4-6,8-9,12-14,17,21H,7,10-11,15-16H2,1-3H3,(H,27,34)(H,28,30)/t17-,21+/m0/s1. The van der Waals surface area contributed by atoms with Crippen LogP contribution >= 0.6 is 12.2 Å². The molecule has 2 heterocycles. The smallest absolute Gasteiger partial charge is 0.253 e. The van der Waals surface area contributed by atoms with Crippen molar-refractivity contribution in [2.75, 3.05) is 27.4 Å². The maximum absolute atomic E-state index is 13.0. The largest absolute Gasteiger partial charge is 0.493 e. The van der Waals surface area contributed by atoms with Gasteiger partial charge in [-0.2, -0.15) is 0 Å². The van der Waals surface area contributed by atoms with Crippen molar-refractivity contribution in [3.63, 3.8) is 0 Å². The Hall–Kier alpha value is -3.10. The molecule has 2 aromatic carbocycles. The molecule has 2 N–H and O–H groups in total. The number of nitrogens with one attached hydrogen (secondary N) is 2. The van der Waals surface area contributed by atoms with Crippen LogP contribution in [0.15, 0.2) is 53.3 Å². The molecular weight excluding hydrogens is 450 g/mol. The number of hydrogen-bond donors (Lipinski definition) is 2. The van der Waals surface area contributed by atoms with Gasteiger partial charge in [0.05, 0.1) is 38.4 Å². The summed E-state index contributed by atoms with van der Waals surface area (Å²) >= 11 is 5.81. The molecule has 1 fully saturated rings. The van der Waals surface area contributed by atoms with E-state index in [-0.39, 0.29) is 17.7 Å². The van der Waals surface area contributed by atoms with E-state index in [0.717, 1.165) is 30.4 Å². The van der Waals surface area contributed by atoms with Crippen LogP contribution in [0.3, 0.4) is 0 Å². The molecule has 0 aliphatic carbocycles. The number of rotatable bonds is 8. The third kappa shape index (κ3) is 5.51. The first-order valence-electron chi connectivity index (χ1n) is 11.5. The van der Waals surface area contributed by atoms with Crippen LogP contribution in [0.4, 0.5) is 0 Å². The number of nitrogens with zero attached hydrogens (tertiary/aromatic N) is 1. The zero-order valence-electron chi connectivity index (χ0n) is 19.8. The van der Waals surface area contributed by atoms with E-state index in [1.165, 1.54) is 0 Å². The molecule has 1 saturated heterocycles. The molecule has 0 bridgehead atoms. The van der Waals surface area contributed by atoms with E-state index in [1.54, 1.807) is 20.3 Å². The zero-order chi connectivity index (χ0) is 24.1. The fraction of sp³-hybridized carbons (Fsp3) is 0.385. The van der Waals surface area contributed by atoms with Gasteiger partial charge >= 0.3 is 0 Å². The number of methoxy groups -OCH3 is 2. The molecule has 8 heteroatoms. The Balaban J connectivity index is 1.60. The Labute approximate surface area is 205 Å². The lowest BCUT2D eigenvalue weighted by Gasteiger charge is -2.30. The lowest BCUT2D eigenvalue weighted by atomic mass is 10.1. The Morgan fingerprint density at radius 2 is 1.94 bits per heavy atom. The minimum Gasteiger partial charge on any atom is -0.493 e. The van der Waals surface area contributed by atoms with Crippen molar-refractivity contribution in [3.05, 3.63) is 70.0 Å². The first-order valence-corrected chi connectivity index (χ1v) is 11.9. The number of aromatic nitrogens is 1. The zero-order valence-corrected chi connectivity index (χ0v) is 20.6. The summed E-state index contributed by atoms with van der Waals surface area (Å²) < 4.78 is 16.7. The van der Waals surface area contributed by atoms with E-state index in [4.69, 9.17) is 26.4 Å². The normalized spacial score (nSPS) is 16.3. The highest BCUT2D eigenvalue weighted by molar-refractivity contribution is 7.80. The lowest BCUT2D eigenvalue weighted by molar-refractivity contribution is 0.0895. The average Bonchev–Trinajstić information content (AvgIpc) is 3.37. The van der Waals surface area contributed by atoms with Gasteiger partial charge in [0.25, 0.3) is 5.56 Å². The summed E-state index contributed by atoms with van der Waals surface area (Å²) in [5.41, 5.74) is 2.30. The number of fused-ring (bicyclic) bond motifs is 1. The minimum absolute atomic E-state index is 0.0345. The Bertz CT molecular complexity index is 1190. The molecule has 3 aromatic rings. The molecule has 1 aliphatic heterocycles. The molecule has 34 heavy (non-hydrogen) atoms. The molecule has 0 saturated carbocycles. The van der Waals surface area contributed by atoms with Gasteiger partial charge in [-0.15, -0.1) is 0 Å². The van der Waals surface area contributed by atoms with Crippen molar-refractivity contribution in [3.8, 4) is 11.5 Å². The van der Waals surface area contributed by atoms with Crippen molar-refractivity contribution in [1.29, 1.82) is 0 Å². The van der Waals surface area contributed by atoms with Gasteiger partial charge in [0.1, 0.15) is 0 Å². The summed E-state index contributed by atoms with van der Waals surface area (Å²) in [6, 6.07) is 15.7. The van der Waals surface area contributed by atoms with Crippen molar-refractivity contribution in [2.24, 2.45) is 0 Å². The van der Waals surface area contributed by atoms with E-state index in [1.807, 2.05) is 35.2 Å². The summed E-state index contributed by atoms with van der Waals surface area (Å²) in [5, 5.41) is 4.89. The van der Waals surface area contributed by atoms with Crippen molar-refractivity contribution >= 4 is 28.2 Å². The fourth-order valence-corrected chi connectivity index (χ4v) is 4.57. The fourth-order valence-electron chi connectivity index (χ4n) is 4.26. The molecule has 7 nitrogen and oxygen atoms in total. The van der Waals surface area contributed by atoms with Crippen LogP contribution in [-0.4, -0.2) is 48.5 Å². The number of pyridine rings is 1. The molecule has 0 amide bonds. The monoisotopic (exact) mass is 481 g/mol. The third-order valence-electron chi connectivity index (χ3n) is 6.16. The predicted octanol–water partition coefficient (Wildman–Crippen LogP) is 4.16. The lowest BCUT2D eigenvalue weighted by Crippen LogP contribution is -2.44. The van der Waals surface area contributed by atoms with Crippen LogP contribution in [0.25, 0.3) is 10.9 Å². The number of aromatic amines is 1. The molecule has 1 aromatic heterocycles. The minimum atomic E-state index is -0.157. The quantitative estimate of drug-likeness (QED) is 0.468. The summed E-state index contributed by atoms with van der Waals surface area (Å²) in [5.74, 6) is 1.18. The molecule has 0 radical (unpaired) electrons.